The summed E-state index contributed by atoms with van der Waals surface area (Å²) in [4.78, 5) is 30.7. The lowest BCUT2D eigenvalue weighted by Crippen LogP contribution is -2.26. The number of fused-ring (bicyclic) bond motifs is 1. The molecule has 2 atom stereocenters. The van der Waals surface area contributed by atoms with Crippen molar-refractivity contribution in [2.45, 2.75) is 47.2 Å². The van der Waals surface area contributed by atoms with Gasteiger partial charge in [-0.2, -0.15) is 0 Å². The molecular formula is C19H22N2O4S2. The van der Waals surface area contributed by atoms with Gasteiger partial charge in [0.2, 0.25) is 0 Å². The molecule has 0 unspecified atom stereocenters. The van der Waals surface area contributed by atoms with Gasteiger partial charge in [-0.15, -0.1) is 11.8 Å². The van der Waals surface area contributed by atoms with Gasteiger partial charge < -0.3 is 9.47 Å². The maximum Gasteiger partial charge on any atom is 0.319 e. The van der Waals surface area contributed by atoms with E-state index in [0.29, 0.717) is 33.2 Å². The normalized spacial score (nSPS) is 16.7. The number of thioether (sulfide) groups is 2. The van der Waals surface area contributed by atoms with E-state index in [9.17, 15) is 9.59 Å². The lowest BCUT2D eigenvalue weighted by molar-refractivity contribution is -0.140. The number of methoxy groups -OCH3 is 2. The zero-order chi connectivity index (χ0) is 19.6. The molecule has 0 amide bonds. The van der Waals surface area contributed by atoms with Crippen LogP contribution in [0.1, 0.15) is 26.0 Å². The van der Waals surface area contributed by atoms with Gasteiger partial charge in [-0.05, 0) is 30.7 Å². The van der Waals surface area contributed by atoms with Crippen LogP contribution < -0.4 is 10.3 Å². The monoisotopic (exact) mass is 406 g/mol. The highest BCUT2D eigenvalue weighted by molar-refractivity contribution is 8.00. The Morgan fingerprint density at radius 1 is 1.37 bits per heavy atom. The van der Waals surface area contributed by atoms with Crippen molar-refractivity contribution in [2.75, 3.05) is 14.2 Å². The van der Waals surface area contributed by atoms with E-state index in [1.807, 2.05) is 19.1 Å². The summed E-state index contributed by atoms with van der Waals surface area (Å²) in [6.07, 6.45) is 1.33. The number of ether oxygens (including phenoxy) is 2. The smallest absolute Gasteiger partial charge is 0.319 e. The Balaban J connectivity index is 2.12. The number of aromatic nitrogens is 2. The molecule has 0 saturated carbocycles. The Hall–Kier alpha value is -1.93. The molecule has 1 aliphatic heterocycles. The first kappa shape index (κ1) is 19.8. The molecule has 0 fully saturated rings. The molecule has 1 aromatic carbocycles. The number of benzene rings is 1. The predicted octanol–water partition coefficient (Wildman–Crippen LogP) is 3.32. The third-order valence-corrected chi connectivity index (χ3v) is 6.80. The highest BCUT2D eigenvalue weighted by Gasteiger charge is 2.29. The topological polar surface area (TPSA) is 70.4 Å². The van der Waals surface area contributed by atoms with Crippen LogP contribution in [0, 0.1) is 0 Å². The first-order chi connectivity index (χ1) is 13.0. The van der Waals surface area contributed by atoms with Crippen molar-refractivity contribution >= 4 is 29.5 Å². The van der Waals surface area contributed by atoms with Gasteiger partial charge in [0.15, 0.2) is 5.16 Å². The van der Waals surface area contributed by atoms with E-state index in [2.05, 4.69) is 6.92 Å². The molecule has 0 saturated heterocycles. The number of esters is 1. The van der Waals surface area contributed by atoms with E-state index in [1.54, 1.807) is 35.6 Å². The van der Waals surface area contributed by atoms with Gasteiger partial charge in [-0.1, -0.05) is 25.6 Å². The van der Waals surface area contributed by atoms with Gasteiger partial charge >= 0.3 is 5.97 Å². The van der Waals surface area contributed by atoms with Gasteiger partial charge in [0.25, 0.3) is 5.56 Å². The molecule has 27 heavy (non-hydrogen) atoms. The summed E-state index contributed by atoms with van der Waals surface area (Å²) in [6.45, 7) is 4.00. The largest absolute Gasteiger partial charge is 0.497 e. The summed E-state index contributed by atoms with van der Waals surface area (Å²) in [5, 5.41) is 0.402. The van der Waals surface area contributed by atoms with Gasteiger partial charge in [0, 0.05) is 11.7 Å². The van der Waals surface area contributed by atoms with E-state index in [0.717, 1.165) is 12.1 Å². The molecule has 2 heterocycles. The molecule has 6 nitrogen and oxygen atoms in total. The Labute approximate surface area is 166 Å². The molecule has 2 aromatic rings. The predicted molar refractivity (Wildman–Crippen MR) is 107 cm³/mol. The Kier molecular flexibility index (Phi) is 6.16. The summed E-state index contributed by atoms with van der Waals surface area (Å²) in [6, 6.07) is 7.24. The lowest BCUT2D eigenvalue weighted by Gasteiger charge is -2.17. The molecule has 0 N–H and O–H groups in total. The van der Waals surface area contributed by atoms with Crippen molar-refractivity contribution in [2.24, 2.45) is 0 Å². The molecule has 0 bridgehead atoms. The Morgan fingerprint density at radius 2 is 2.07 bits per heavy atom. The minimum atomic E-state index is -0.420. The van der Waals surface area contributed by atoms with Crippen molar-refractivity contribution in [3.63, 3.8) is 0 Å². The second kappa shape index (κ2) is 8.39. The molecule has 0 aliphatic carbocycles. The first-order valence-corrected chi connectivity index (χ1v) is 10.5. The van der Waals surface area contributed by atoms with E-state index in [1.165, 1.54) is 18.9 Å². The Morgan fingerprint density at radius 3 is 2.67 bits per heavy atom. The highest BCUT2D eigenvalue weighted by Crippen LogP contribution is 2.36. The second-order valence-electron chi connectivity index (χ2n) is 6.18. The van der Waals surface area contributed by atoms with Crippen LogP contribution in [-0.2, 0) is 16.0 Å². The lowest BCUT2D eigenvalue weighted by atomic mass is 10.2. The van der Waals surface area contributed by atoms with E-state index < -0.39 is 5.25 Å². The molecule has 0 spiro atoms. The van der Waals surface area contributed by atoms with Gasteiger partial charge in [0.05, 0.1) is 30.5 Å². The minimum absolute atomic E-state index is 0.0956. The van der Waals surface area contributed by atoms with Crippen molar-refractivity contribution in [3.05, 3.63) is 40.3 Å². The quantitative estimate of drug-likeness (QED) is 0.414. The van der Waals surface area contributed by atoms with Crippen molar-refractivity contribution in [1.29, 1.82) is 0 Å². The fourth-order valence-corrected chi connectivity index (χ4v) is 5.07. The minimum Gasteiger partial charge on any atom is -0.497 e. The fraction of sp³-hybridized carbons (Fsp3) is 0.421. The molecular weight excluding hydrogens is 384 g/mol. The number of hydrogen-bond acceptors (Lipinski definition) is 7. The van der Waals surface area contributed by atoms with E-state index in [4.69, 9.17) is 14.5 Å². The van der Waals surface area contributed by atoms with Crippen LogP contribution in [0.4, 0.5) is 0 Å². The summed E-state index contributed by atoms with van der Waals surface area (Å²) in [5.74, 6) is 0.389. The first-order valence-electron chi connectivity index (χ1n) is 8.70. The second-order valence-corrected chi connectivity index (χ2v) is 8.80. The number of carbonyl (C=O) groups is 1. The van der Waals surface area contributed by atoms with Gasteiger partial charge in [-0.3, -0.25) is 14.2 Å². The number of hydrogen-bond donors (Lipinski definition) is 0. The van der Waals surface area contributed by atoms with Crippen molar-refractivity contribution < 1.29 is 14.3 Å². The van der Waals surface area contributed by atoms with Gasteiger partial charge in [0.1, 0.15) is 11.0 Å². The van der Waals surface area contributed by atoms with Crippen LogP contribution in [0.3, 0.4) is 0 Å². The van der Waals surface area contributed by atoms with Crippen LogP contribution in [0.25, 0.3) is 5.69 Å². The third kappa shape index (κ3) is 4.01. The summed E-state index contributed by atoms with van der Waals surface area (Å²) >= 11 is 2.83. The molecule has 0 radical (unpaired) electrons. The average Bonchev–Trinajstić information content (AvgIpc) is 3.06. The molecule has 144 valence electrons. The number of carbonyl (C=O) groups excluding carboxylic acids is 1. The molecule has 1 aliphatic rings. The SMILES string of the molecule is CC[C@@H](Sc1nc2c(c(=O)n1-c1ccc(OC)cc1)S[C@H](C)C2)C(=O)OC. The summed E-state index contributed by atoms with van der Waals surface area (Å²) in [7, 11) is 2.97. The summed E-state index contributed by atoms with van der Waals surface area (Å²) in [5.41, 5.74) is 1.41. The van der Waals surface area contributed by atoms with Crippen LogP contribution >= 0.6 is 23.5 Å². The van der Waals surface area contributed by atoms with E-state index >= 15 is 0 Å². The standard InChI is InChI=1S/C19H22N2O4S2/c1-5-15(18(23)25-4)27-19-20-14-10-11(2)26-16(14)17(22)21(19)12-6-8-13(24-3)9-7-12/h6-9,11,15H,5,10H2,1-4H3/t11-,15-/m1/s1. The molecule has 3 rings (SSSR count). The summed E-state index contributed by atoms with van der Waals surface area (Å²) < 4.78 is 11.7. The van der Waals surface area contributed by atoms with Crippen LogP contribution in [0.15, 0.2) is 39.1 Å². The number of nitrogens with zero attached hydrogens (tertiary/aromatic N) is 2. The average molecular weight is 407 g/mol. The van der Waals surface area contributed by atoms with Crippen molar-refractivity contribution in [1.82, 2.24) is 9.55 Å². The Bertz CT molecular complexity index is 896. The molecule has 1 aromatic heterocycles. The zero-order valence-electron chi connectivity index (χ0n) is 15.7. The van der Waals surface area contributed by atoms with Crippen molar-refractivity contribution in [3.8, 4) is 11.4 Å². The van der Waals surface area contributed by atoms with Crippen LogP contribution in [0.5, 0.6) is 5.75 Å². The number of rotatable bonds is 6. The fourth-order valence-electron chi connectivity index (χ4n) is 2.89. The van der Waals surface area contributed by atoms with Crippen LogP contribution in [-0.4, -0.2) is 40.2 Å². The maximum absolute atomic E-state index is 13.2. The highest BCUT2D eigenvalue weighted by atomic mass is 32.2. The van der Waals surface area contributed by atoms with Crippen LogP contribution in [0.2, 0.25) is 0 Å². The van der Waals surface area contributed by atoms with Gasteiger partial charge in [-0.25, -0.2) is 4.98 Å². The zero-order valence-corrected chi connectivity index (χ0v) is 17.4. The molecule has 8 heteroatoms. The maximum atomic E-state index is 13.2. The third-order valence-electron chi connectivity index (χ3n) is 4.29. The van der Waals surface area contributed by atoms with E-state index in [-0.39, 0.29) is 11.5 Å².